The van der Waals surface area contributed by atoms with Crippen LogP contribution in [0.3, 0.4) is 0 Å². The molecular weight excluding hydrogens is 431 g/mol. The minimum atomic E-state index is -0.160. The quantitative estimate of drug-likeness (QED) is 0.595. The molecule has 1 amide bonds. The van der Waals surface area contributed by atoms with Gasteiger partial charge in [0.05, 0.1) is 27.8 Å². The predicted octanol–water partition coefficient (Wildman–Crippen LogP) is 4.87. The Morgan fingerprint density at radius 1 is 1.17 bits per heavy atom. The molecule has 1 aliphatic heterocycles. The average Bonchev–Trinajstić information content (AvgIpc) is 3.05. The number of benzene rings is 2. The minimum absolute atomic E-state index is 0. The summed E-state index contributed by atoms with van der Waals surface area (Å²) in [4.78, 5) is 12.8. The van der Waals surface area contributed by atoms with Gasteiger partial charge in [-0.05, 0) is 60.8 Å². The number of anilines is 1. The fourth-order valence-corrected chi connectivity index (χ4v) is 3.72. The zero-order valence-electron chi connectivity index (χ0n) is 15.8. The molecule has 0 saturated carbocycles. The number of aromatic nitrogens is 2. The van der Waals surface area contributed by atoms with Crippen molar-refractivity contribution < 1.29 is 4.79 Å². The van der Waals surface area contributed by atoms with E-state index < -0.39 is 0 Å². The molecule has 1 aromatic heterocycles. The zero-order valence-corrected chi connectivity index (χ0v) is 18.2. The van der Waals surface area contributed by atoms with Crippen LogP contribution in [-0.2, 0) is 19.5 Å². The highest BCUT2D eigenvalue weighted by atomic mass is 35.5. The molecule has 2 aromatic carbocycles. The summed E-state index contributed by atoms with van der Waals surface area (Å²) in [6.45, 7) is 4.19. The number of aryl methyl sites for hydroxylation is 1. The van der Waals surface area contributed by atoms with E-state index in [4.69, 9.17) is 23.2 Å². The second kappa shape index (κ2) is 9.18. The number of amides is 1. The average molecular weight is 452 g/mol. The smallest absolute Gasteiger partial charge is 0.259 e. The standard InChI is InChI=1S/C21H20Cl2N4O.ClH/c1-13-18(12-27(26-13)11-14-2-5-19(22)20(23)8-14)21(28)25-17-4-3-16-10-24-7-6-15(16)9-17;/h2-5,8-9,12,24H,6-7,10-11H2,1H3,(H,25,28);1H. The highest BCUT2D eigenvalue weighted by Crippen LogP contribution is 2.23. The molecule has 0 radical (unpaired) electrons. The third-order valence-corrected chi connectivity index (χ3v) is 5.61. The van der Waals surface area contributed by atoms with Gasteiger partial charge in [-0.2, -0.15) is 5.10 Å². The molecule has 1 aliphatic rings. The first kappa shape index (κ1) is 21.7. The molecule has 8 heteroatoms. The van der Waals surface area contributed by atoms with Gasteiger partial charge in [0.2, 0.25) is 0 Å². The lowest BCUT2D eigenvalue weighted by Crippen LogP contribution is -2.23. The molecule has 0 spiro atoms. The highest BCUT2D eigenvalue weighted by Gasteiger charge is 2.15. The zero-order chi connectivity index (χ0) is 19.7. The molecule has 0 bridgehead atoms. The maximum absolute atomic E-state index is 12.8. The van der Waals surface area contributed by atoms with E-state index in [1.165, 1.54) is 11.1 Å². The summed E-state index contributed by atoms with van der Waals surface area (Å²) in [5.74, 6) is -0.160. The normalized spacial score (nSPS) is 12.8. The van der Waals surface area contributed by atoms with E-state index in [0.29, 0.717) is 27.8 Å². The van der Waals surface area contributed by atoms with Crippen LogP contribution < -0.4 is 10.6 Å². The number of hydrogen-bond acceptors (Lipinski definition) is 3. The lowest BCUT2D eigenvalue weighted by Gasteiger charge is -2.18. The number of nitrogens with zero attached hydrogens (tertiary/aromatic N) is 2. The van der Waals surface area contributed by atoms with Crippen molar-refractivity contribution >= 4 is 47.2 Å². The first-order valence-corrected chi connectivity index (χ1v) is 9.87. The molecule has 5 nitrogen and oxygen atoms in total. The molecular formula is C21H21Cl3N4O. The number of halogens is 3. The van der Waals surface area contributed by atoms with Gasteiger partial charge in [-0.15, -0.1) is 12.4 Å². The molecule has 3 aromatic rings. The Hall–Kier alpha value is -2.05. The Kier molecular flexibility index (Phi) is 6.85. The fraction of sp³-hybridized carbons (Fsp3) is 0.238. The van der Waals surface area contributed by atoms with Gasteiger partial charge in [-0.1, -0.05) is 35.3 Å². The molecule has 4 rings (SSSR count). The van der Waals surface area contributed by atoms with Crippen LogP contribution in [-0.4, -0.2) is 22.2 Å². The summed E-state index contributed by atoms with van der Waals surface area (Å²) >= 11 is 12.0. The van der Waals surface area contributed by atoms with Gasteiger partial charge < -0.3 is 10.6 Å². The van der Waals surface area contributed by atoms with Gasteiger partial charge in [-0.25, -0.2) is 0 Å². The van der Waals surface area contributed by atoms with Gasteiger partial charge in [0.1, 0.15) is 0 Å². The van der Waals surface area contributed by atoms with Crippen LogP contribution in [0.15, 0.2) is 42.6 Å². The van der Waals surface area contributed by atoms with E-state index in [-0.39, 0.29) is 18.3 Å². The van der Waals surface area contributed by atoms with Crippen molar-refractivity contribution in [3.05, 3.63) is 80.6 Å². The molecule has 0 saturated heterocycles. The van der Waals surface area contributed by atoms with Crippen molar-refractivity contribution in [1.82, 2.24) is 15.1 Å². The van der Waals surface area contributed by atoms with E-state index >= 15 is 0 Å². The third kappa shape index (κ3) is 4.93. The Labute approximate surface area is 185 Å². The Morgan fingerprint density at radius 3 is 2.79 bits per heavy atom. The van der Waals surface area contributed by atoms with Crippen molar-refractivity contribution in [2.45, 2.75) is 26.4 Å². The predicted molar refractivity (Wildman–Crippen MR) is 120 cm³/mol. The van der Waals surface area contributed by atoms with E-state index in [2.05, 4.69) is 27.9 Å². The summed E-state index contributed by atoms with van der Waals surface area (Å²) in [5, 5.41) is 11.8. The number of carbonyl (C=O) groups excluding carboxylic acids is 1. The van der Waals surface area contributed by atoms with Gasteiger partial charge in [0.25, 0.3) is 5.91 Å². The molecule has 2 N–H and O–H groups in total. The van der Waals surface area contributed by atoms with Crippen LogP contribution >= 0.6 is 35.6 Å². The molecule has 0 fully saturated rings. The molecule has 152 valence electrons. The minimum Gasteiger partial charge on any atom is -0.322 e. The fourth-order valence-electron chi connectivity index (χ4n) is 3.40. The number of nitrogens with one attached hydrogen (secondary N) is 2. The van der Waals surface area contributed by atoms with Crippen LogP contribution in [0.2, 0.25) is 10.0 Å². The number of carbonyl (C=O) groups is 1. The van der Waals surface area contributed by atoms with Crippen LogP contribution in [0.5, 0.6) is 0 Å². The van der Waals surface area contributed by atoms with E-state index in [1.54, 1.807) is 16.9 Å². The van der Waals surface area contributed by atoms with E-state index in [0.717, 1.165) is 30.8 Å². The number of hydrogen-bond donors (Lipinski definition) is 2. The second-order valence-corrected chi connectivity index (χ2v) is 7.75. The van der Waals surface area contributed by atoms with Gasteiger partial charge in [0, 0.05) is 18.4 Å². The third-order valence-electron chi connectivity index (χ3n) is 4.87. The molecule has 2 heterocycles. The highest BCUT2D eigenvalue weighted by molar-refractivity contribution is 6.42. The lowest BCUT2D eigenvalue weighted by molar-refractivity contribution is 0.102. The van der Waals surface area contributed by atoms with Crippen molar-refractivity contribution in [3.8, 4) is 0 Å². The maximum Gasteiger partial charge on any atom is 0.259 e. The van der Waals surface area contributed by atoms with Crippen molar-refractivity contribution in [2.75, 3.05) is 11.9 Å². The second-order valence-electron chi connectivity index (χ2n) is 6.94. The summed E-state index contributed by atoms with van der Waals surface area (Å²) in [6, 6.07) is 11.5. The van der Waals surface area contributed by atoms with Gasteiger partial charge in [0.15, 0.2) is 0 Å². The summed E-state index contributed by atoms with van der Waals surface area (Å²) in [7, 11) is 0. The summed E-state index contributed by atoms with van der Waals surface area (Å²) in [6.07, 6.45) is 2.73. The maximum atomic E-state index is 12.8. The molecule has 0 aliphatic carbocycles. The van der Waals surface area contributed by atoms with E-state index in [1.807, 2.05) is 25.1 Å². The Bertz CT molecular complexity index is 1050. The monoisotopic (exact) mass is 450 g/mol. The molecule has 0 atom stereocenters. The van der Waals surface area contributed by atoms with Crippen LogP contribution in [0.1, 0.15) is 32.7 Å². The summed E-state index contributed by atoms with van der Waals surface area (Å²) < 4.78 is 1.74. The van der Waals surface area contributed by atoms with Crippen molar-refractivity contribution in [2.24, 2.45) is 0 Å². The number of fused-ring (bicyclic) bond motifs is 1. The molecule has 0 unspecified atom stereocenters. The lowest BCUT2D eigenvalue weighted by atomic mass is 10.0. The Balaban J connectivity index is 0.00000240. The van der Waals surface area contributed by atoms with Crippen molar-refractivity contribution in [3.63, 3.8) is 0 Å². The SMILES string of the molecule is Cc1nn(Cc2ccc(Cl)c(Cl)c2)cc1C(=O)Nc1ccc2c(c1)CCNC2.Cl. The van der Waals surface area contributed by atoms with Crippen LogP contribution in [0, 0.1) is 6.92 Å². The van der Waals surface area contributed by atoms with Gasteiger partial charge in [-0.3, -0.25) is 9.48 Å². The number of rotatable bonds is 4. The van der Waals surface area contributed by atoms with E-state index in [9.17, 15) is 4.79 Å². The van der Waals surface area contributed by atoms with Gasteiger partial charge >= 0.3 is 0 Å². The molecule has 29 heavy (non-hydrogen) atoms. The Morgan fingerprint density at radius 2 is 2.00 bits per heavy atom. The largest absolute Gasteiger partial charge is 0.322 e. The summed E-state index contributed by atoms with van der Waals surface area (Å²) in [5.41, 5.74) is 5.58. The first-order valence-electron chi connectivity index (χ1n) is 9.11. The van der Waals surface area contributed by atoms with Crippen LogP contribution in [0.4, 0.5) is 5.69 Å². The topological polar surface area (TPSA) is 59.0 Å². The van der Waals surface area contributed by atoms with Crippen molar-refractivity contribution in [1.29, 1.82) is 0 Å². The first-order chi connectivity index (χ1) is 13.5. The van der Waals surface area contributed by atoms with Crippen LogP contribution in [0.25, 0.3) is 0 Å².